The molecule has 0 saturated carbocycles. The number of nitrogens with zero attached hydrogens (tertiary/aromatic N) is 4. The van der Waals surface area contributed by atoms with Gasteiger partial charge in [0.15, 0.2) is 5.11 Å². The second-order valence-electron chi connectivity index (χ2n) is 8.55. The van der Waals surface area contributed by atoms with E-state index < -0.39 is 0 Å². The molecule has 0 amide bonds. The van der Waals surface area contributed by atoms with E-state index in [1.807, 2.05) is 18.3 Å². The molecule has 1 aliphatic heterocycles. The topological polar surface area (TPSA) is 36.3 Å². The Morgan fingerprint density at radius 1 is 0.879 bits per heavy atom. The highest BCUT2D eigenvalue weighted by Crippen LogP contribution is 2.42. The minimum Gasteiger partial charge on any atom is -0.378 e. The first kappa shape index (κ1) is 21.2. The third-order valence-corrected chi connectivity index (χ3v) is 6.45. The molecule has 166 valence electrons. The fraction of sp³-hybridized carbons (Fsp3) is 0.185. The van der Waals surface area contributed by atoms with Crippen LogP contribution in [0.5, 0.6) is 0 Å². The van der Waals surface area contributed by atoms with Crippen LogP contribution in [0.25, 0.3) is 5.69 Å². The molecule has 0 bridgehead atoms. The van der Waals surface area contributed by atoms with Crippen LogP contribution in [0.4, 0.5) is 11.4 Å². The van der Waals surface area contributed by atoms with Crippen molar-refractivity contribution in [2.75, 3.05) is 23.9 Å². The summed E-state index contributed by atoms with van der Waals surface area (Å²) in [4.78, 5) is 8.99. The first-order chi connectivity index (χ1) is 16.0. The molecule has 2 aromatic carbocycles. The second-order valence-corrected chi connectivity index (χ2v) is 8.93. The van der Waals surface area contributed by atoms with Gasteiger partial charge < -0.3 is 19.7 Å². The van der Waals surface area contributed by atoms with Crippen LogP contribution in [-0.2, 0) is 0 Å². The number of hydrogen-bond donors (Lipinski definition) is 1. The van der Waals surface area contributed by atoms with Gasteiger partial charge in [-0.3, -0.25) is 4.98 Å². The minimum absolute atomic E-state index is 0.0568. The number of thiocarbonyl (C=S) groups is 1. The minimum atomic E-state index is -0.0744. The van der Waals surface area contributed by atoms with E-state index in [1.165, 1.54) is 11.3 Å². The van der Waals surface area contributed by atoms with Crippen LogP contribution in [0.15, 0.2) is 91.3 Å². The van der Waals surface area contributed by atoms with Crippen LogP contribution >= 0.6 is 12.2 Å². The Labute approximate surface area is 200 Å². The van der Waals surface area contributed by atoms with Gasteiger partial charge in [0.2, 0.25) is 0 Å². The van der Waals surface area contributed by atoms with Gasteiger partial charge in [0.05, 0.1) is 11.7 Å². The van der Waals surface area contributed by atoms with Gasteiger partial charge in [-0.05, 0) is 79.8 Å². The van der Waals surface area contributed by atoms with E-state index in [2.05, 4.69) is 119 Å². The molecule has 1 aliphatic rings. The van der Waals surface area contributed by atoms with Crippen molar-refractivity contribution in [2.45, 2.75) is 19.0 Å². The largest absolute Gasteiger partial charge is 0.378 e. The van der Waals surface area contributed by atoms with Gasteiger partial charge in [0.1, 0.15) is 6.04 Å². The van der Waals surface area contributed by atoms with Crippen LogP contribution in [-0.4, -0.2) is 28.8 Å². The van der Waals surface area contributed by atoms with Crippen molar-refractivity contribution in [3.05, 3.63) is 108 Å². The number of pyridine rings is 1. The third kappa shape index (κ3) is 3.98. The highest BCUT2D eigenvalue weighted by atomic mass is 32.1. The van der Waals surface area contributed by atoms with Crippen molar-refractivity contribution in [2.24, 2.45) is 0 Å². The molecular formula is C27H27N5S. The molecular weight excluding hydrogens is 426 g/mol. The molecule has 5 rings (SSSR count). The van der Waals surface area contributed by atoms with Gasteiger partial charge in [0, 0.05) is 49.2 Å². The van der Waals surface area contributed by atoms with Gasteiger partial charge >= 0.3 is 0 Å². The van der Waals surface area contributed by atoms with Gasteiger partial charge in [-0.1, -0.05) is 23.8 Å². The van der Waals surface area contributed by atoms with Crippen LogP contribution in [0, 0.1) is 6.92 Å². The molecule has 1 fully saturated rings. The van der Waals surface area contributed by atoms with E-state index >= 15 is 0 Å². The molecule has 4 aromatic rings. The van der Waals surface area contributed by atoms with Crippen molar-refractivity contribution in [3.8, 4) is 5.69 Å². The lowest BCUT2D eigenvalue weighted by molar-refractivity contribution is 0.549. The summed E-state index contributed by atoms with van der Waals surface area (Å²) >= 11 is 5.86. The zero-order valence-electron chi connectivity index (χ0n) is 19.0. The summed E-state index contributed by atoms with van der Waals surface area (Å²) in [5.74, 6) is 0. The molecule has 33 heavy (non-hydrogen) atoms. The Bertz CT molecular complexity index is 1250. The highest BCUT2D eigenvalue weighted by Gasteiger charge is 2.42. The smallest absolute Gasteiger partial charge is 0.174 e. The number of aryl methyl sites for hydroxylation is 1. The van der Waals surface area contributed by atoms with Crippen LogP contribution in [0.3, 0.4) is 0 Å². The van der Waals surface area contributed by atoms with Crippen molar-refractivity contribution in [1.82, 2.24) is 14.9 Å². The lowest BCUT2D eigenvalue weighted by Crippen LogP contribution is -2.30. The van der Waals surface area contributed by atoms with E-state index in [1.54, 1.807) is 0 Å². The Kier molecular flexibility index (Phi) is 5.60. The zero-order valence-corrected chi connectivity index (χ0v) is 19.8. The summed E-state index contributed by atoms with van der Waals surface area (Å²) in [7, 11) is 4.11. The number of aromatic nitrogens is 2. The van der Waals surface area contributed by atoms with E-state index in [4.69, 9.17) is 12.2 Å². The maximum atomic E-state index is 5.86. The standard InChI is InChI=1S/C27H27N5S/c1-19-9-11-22(12-10-19)32-26(25(29-27(32)33)23-7-4-5-17-28-23)24-8-6-18-31(24)21-15-13-20(14-16-21)30(2)3/h4-18,25-26H,1-3H3,(H,29,33). The van der Waals surface area contributed by atoms with Gasteiger partial charge in [-0.2, -0.15) is 0 Å². The van der Waals surface area contributed by atoms with Crippen LogP contribution in [0.2, 0.25) is 0 Å². The Hall–Kier alpha value is -3.64. The molecule has 2 aromatic heterocycles. The quantitative estimate of drug-likeness (QED) is 0.408. The van der Waals surface area contributed by atoms with Crippen LogP contribution < -0.4 is 15.1 Å². The van der Waals surface area contributed by atoms with E-state index in [0.717, 1.165) is 22.8 Å². The second kappa shape index (κ2) is 8.71. The fourth-order valence-corrected chi connectivity index (χ4v) is 4.77. The average Bonchev–Trinajstić information content (AvgIpc) is 3.44. The third-order valence-electron chi connectivity index (χ3n) is 6.14. The predicted octanol–water partition coefficient (Wildman–Crippen LogP) is 5.42. The molecule has 2 unspecified atom stereocenters. The molecule has 3 heterocycles. The van der Waals surface area contributed by atoms with Crippen molar-refractivity contribution in [1.29, 1.82) is 0 Å². The van der Waals surface area contributed by atoms with Gasteiger partial charge in [-0.25, -0.2) is 0 Å². The van der Waals surface area contributed by atoms with E-state index in [9.17, 15) is 0 Å². The Morgan fingerprint density at radius 3 is 2.27 bits per heavy atom. The van der Waals surface area contributed by atoms with Gasteiger partial charge in [0.25, 0.3) is 0 Å². The van der Waals surface area contributed by atoms with Gasteiger partial charge in [-0.15, -0.1) is 0 Å². The molecule has 2 atom stereocenters. The highest BCUT2D eigenvalue weighted by molar-refractivity contribution is 7.80. The summed E-state index contributed by atoms with van der Waals surface area (Å²) in [6.07, 6.45) is 3.95. The summed E-state index contributed by atoms with van der Waals surface area (Å²) < 4.78 is 2.25. The number of rotatable bonds is 5. The summed E-state index contributed by atoms with van der Waals surface area (Å²) in [5.41, 5.74) is 6.69. The predicted molar refractivity (Wildman–Crippen MR) is 139 cm³/mol. The number of nitrogens with one attached hydrogen (secondary N) is 1. The van der Waals surface area contributed by atoms with E-state index in [-0.39, 0.29) is 12.1 Å². The number of anilines is 2. The monoisotopic (exact) mass is 453 g/mol. The molecule has 6 heteroatoms. The number of hydrogen-bond acceptors (Lipinski definition) is 3. The maximum absolute atomic E-state index is 5.86. The molecule has 0 spiro atoms. The normalized spacial score (nSPS) is 17.8. The summed E-state index contributed by atoms with van der Waals surface area (Å²) in [5, 5.41) is 4.25. The summed E-state index contributed by atoms with van der Waals surface area (Å²) in [6, 6.07) is 27.3. The summed E-state index contributed by atoms with van der Waals surface area (Å²) in [6.45, 7) is 2.10. The Balaban J connectivity index is 1.63. The zero-order chi connectivity index (χ0) is 22.9. The fourth-order valence-electron chi connectivity index (χ4n) is 4.42. The first-order valence-electron chi connectivity index (χ1n) is 11.1. The van der Waals surface area contributed by atoms with Crippen molar-refractivity contribution < 1.29 is 0 Å². The molecule has 0 aliphatic carbocycles. The van der Waals surface area contributed by atoms with Crippen molar-refractivity contribution in [3.63, 3.8) is 0 Å². The molecule has 0 radical (unpaired) electrons. The SMILES string of the molecule is Cc1ccc(N2C(=S)NC(c3ccccn3)C2c2cccn2-c2ccc(N(C)C)cc2)cc1. The van der Waals surface area contributed by atoms with Crippen molar-refractivity contribution >= 4 is 28.7 Å². The number of benzene rings is 2. The first-order valence-corrected chi connectivity index (χ1v) is 11.5. The Morgan fingerprint density at radius 2 is 1.61 bits per heavy atom. The average molecular weight is 454 g/mol. The van der Waals surface area contributed by atoms with Crippen LogP contribution in [0.1, 0.15) is 29.0 Å². The van der Waals surface area contributed by atoms with E-state index in [0.29, 0.717) is 5.11 Å². The lowest BCUT2D eigenvalue weighted by Gasteiger charge is -2.29. The lowest BCUT2D eigenvalue weighted by atomic mass is 10.0. The molecule has 1 N–H and O–H groups in total. The maximum Gasteiger partial charge on any atom is 0.174 e. The molecule has 1 saturated heterocycles. The molecule has 5 nitrogen and oxygen atoms in total.